The quantitative estimate of drug-likeness (QED) is 0.633. The molecule has 3 aliphatic rings. The van der Waals surface area contributed by atoms with Gasteiger partial charge < -0.3 is 15.1 Å². The second-order valence-corrected chi connectivity index (χ2v) is 10.7. The fraction of sp³-hybridized carbons (Fsp3) is 0.524. The number of carbonyl (C=O) groups is 1. The summed E-state index contributed by atoms with van der Waals surface area (Å²) in [5.74, 6) is 0.131. The molecule has 2 aromatic rings. The second kappa shape index (κ2) is 7.73. The number of benzene rings is 1. The number of urea groups is 1. The third-order valence-electron chi connectivity index (χ3n) is 6.77. The molecule has 1 saturated carbocycles. The van der Waals surface area contributed by atoms with Crippen LogP contribution < -0.4 is 10.0 Å². The van der Waals surface area contributed by atoms with Crippen LogP contribution in [0.3, 0.4) is 0 Å². The number of nitrogens with zero attached hydrogens (tertiary/aromatic N) is 3. The maximum Gasteiger partial charge on any atom is 0.320 e. The molecule has 2 fully saturated rings. The lowest BCUT2D eigenvalue weighted by molar-refractivity contribution is 0.170. The normalized spacial score (nSPS) is 24.6. The third kappa shape index (κ3) is 3.53. The number of rotatable bonds is 5. The predicted molar refractivity (Wildman–Crippen MR) is 117 cm³/mol. The largest absolute Gasteiger partial charge is 0.336 e. The maximum atomic E-state index is 14.8. The van der Waals surface area contributed by atoms with Crippen LogP contribution in [-0.2, 0) is 16.6 Å². The third-order valence-corrected chi connectivity index (χ3v) is 8.26. The van der Waals surface area contributed by atoms with Crippen molar-refractivity contribution in [3.05, 3.63) is 35.3 Å². The number of carbonyl (C=O) groups excluding carboxylic acids is 1. The SMILES string of the molecule is CC(C)N1CCN(C2CCC(c3cc(Nc4ccc5c(c4F)CNS5(=O)=O)n[nH]3)C2)C1=O. The van der Waals surface area contributed by atoms with Crippen LogP contribution >= 0.6 is 0 Å². The highest BCUT2D eigenvalue weighted by Gasteiger charge is 2.39. The molecule has 2 aliphatic heterocycles. The Bertz CT molecular complexity index is 1160. The number of halogens is 1. The van der Waals surface area contributed by atoms with Crippen molar-refractivity contribution in [3.8, 4) is 0 Å². The van der Waals surface area contributed by atoms with Gasteiger partial charge in [-0.3, -0.25) is 5.10 Å². The fourth-order valence-corrected chi connectivity index (χ4v) is 6.25. The summed E-state index contributed by atoms with van der Waals surface area (Å²) in [4.78, 5) is 16.6. The minimum Gasteiger partial charge on any atom is -0.336 e. The van der Waals surface area contributed by atoms with Crippen molar-refractivity contribution in [1.82, 2.24) is 24.7 Å². The molecule has 32 heavy (non-hydrogen) atoms. The molecule has 3 N–H and O–H groups in total. The first-order chi connectivity index (χ1) is 15.2. The van der Waals surface area contributed by atoms with Crippen LogP contribution in [0.1, 0.15) is 50.3 Å². The van der Waals surface area contributed by atoms with E-state index in [1.807, 2.05) is 29.7 Å². The Kier molecular flexibility index (Phi) is 5.12. The maximum absolute atomic E-state index is 14.8. The molecule has 9 nitrogen and oxygen atoms in total. The molecule has 1 aromatic heterocycles. The van der Waals surface area contributed by atoms with Gasteiger partial charge in [-0.05, 0) is 45.2 Å². The van der Waals surface area contributed by atoms with Crippen molar-refractivity contribution in [1.29, 1.82) is 0 Å². The summed E-state index contributed by atoms with van der Waals surface area (Å²) in [5.41, 5.74) is 1.27. The topological polar surface area (TPSA) is 110 Å². The van der Waals surface area contributed by atoms with E-state index >= 15 is 0 Å². The number of hydrogen-bond acceptors (Lipinski definition) is 5. The summed E-state index contributed by atoms with van der Waals surface area (Å²) in [6.07, 6.45) is 2.77. The van der Waals surface area contributed by atoms with Crippen molar-refractivity contribution in [3.63, 3.8) is 0 Å². The summed E-state index contributed by atoms with van der Waals surface area (Å²) >= 11 is 0. The molecule has 5 rings (SSSR count). The smallest absolute Gasteiger partial charge is 0.320 e. The number of nitrogens with one attached hydrogen (secondary N) is 3. The van der Waals surface area contributed by atoms with Gasteiger partial charge in [-0.1, -0.05) is 0 Å². The molecule has 0 bridgehead atoms. The van der Waals surface area contributed by atoms with E-state index in [1.54, 1.807) is 0 Å². The van der Waals surface area contributed by atoms with Crippen molar-refractivity contribution in [2.24, 2.45) is 0 Å². The van der Waals surface area contributed by atoms with E-state index < -0.39 is 15.8 Å². The number of aromatic nitrogens is 2. The molecule has 3 heterocycles. The second-order valence-electron chi connectivity index (χ2n) is 8.99. The first-order valence-electron chi connectivity index (χ1n) is 10.9. The van der Waals surface area contributed by atoms with Gasteiger partial charge in [-0.2, -0.15) is 5.10 Å². The zero-order chi connectivity index (χ0) is 22.6. The van der Waals surface area contributed by atoms with E-state index in [2.05, 4.69) is 20.2 Å². The van der Waals surface area contributed by atoms with Crippen LogP contribution in [0.15, 0.2) is 23.1 Å². The van der Waals surface area contributed by atoms with Crippen LogP contribution in [0.5, 0.6) is 0 Å². The van der Waals surface area contributed by atoms with Crippen LogP contribution in [-0.4, -0.2) is 59.6 Å². The van der Waals surface area contributed by atoms with E-state index in [0.717, 1.165) is 38.0 Å². The van der Waals surface area contributed by atoms with Gasteiger partial charge in [0.1, 0.15) is 0 Å². The number of anilines is 2. The van der Waals surface area contributed by atoms with Gasteiger partial charge in [0, 0.05) is 55.0 Å². The number of fused-ring (bicyclic) bond motifs is 1. The number of amides is 2. The Labute approximate surface area is 186 Å². The molecular formula is C21H27FN6O3S. The van der Waals surface area contributed by atoms with Crippen molar-refractivity contribution >= 4 is 27.6 Å². The zero-order valence-electron chi connectivity index (χ0n) is 18.1. The molecule has 172 valence electrons. The lowest BCUT2D eigenvalue weighted by Crippen LogP contribution is -2.40. The highest BCUT2D eigenvalue weighted by molar-refractivity contribution is 7.89. The number of aromatic amines is 1. The average molecular weight is 463 g/mol. The minimum absolute atomic E-state index is 0.0206. The van der Waals surface area contributed by atoms with Gasteiger partial charge in [-0.25, -0.2) is 22.3 Å². The van der Waals surface area contributed by atoms with Gasteiger partial charge in [0.25, 0.3) is 0 Å². The van der Waals surface area contributed by atoms with Crippen LogP contribution in [0, 0.1) is 5.82 Å². The van der Waals surface area contributed by atoms with Crippen molar-refractivity contribution in [2.45, 2.75) is 62.6 Å². The molecule has 11 heteroatoms. The van der Waals surface area contributed by atoms with Crippen LogP contribution in [0.25, 0.3) is 0 Å². The summed E-state index contributed by atoms with van der Waals surface area (Å²) in [7, 11) is -3.62. The van der Waals surface area contributed by atoms with Crippen molar-refractivity contribution < 1.29 is 17.6 Å². The highest BCUT2D eigenvalue weighted by Crippen LogP contribution is 2.38. The standard InChI is InChI=1S/C21H27FN6O3S/c1-12(2)27-7-8-28(21(27)29)14-4-3-13(9-14)17-10-19(26-25-17)24-16-5-6-18-15(20(16)22)11-23-32(18,30)31/h5-6,10,12-14,23H,3-4,7-9,11H2,1-2H3,(H2,24,25,26). The first-order valence-corrected chi connectivity index (χ1v) is 12.4. The number of H-pyrrole nitrogens is 1. The Balaban J connectivity index is 1.26. The summed E-state index contributed by atoms with van der Waals surface area (Å²) in [5, 5.41) is 10.3. The molecule has 2 unspecified atom stereocenters. The number of hydrogen-bond donors (Lipinski definition) is 3. The first kappa shape index (κ1) is 21.2. The van der Waals surface area contributed by atoms with Crippen molar-refractivity contribution in [2.75, 3.05) is 18.4 Å². The lowest BCUT2D eigenvalue weighted by atomic mass is 10.0. The lowest BCUT2D eigenvalue weighted by Gasteiger charge is -2.26. The molecule has 1 aromatic carbocycles. The van der Waals surface area contributed by atoms with E-state index in [0.29, 0.717) is 5.82 Å². The van der Waals surface area contributed by atoms with E-state index in [-0.39, 0.29) is 46.7 Å². The zero-order valence-corrected chi connectivity index (χ0v) is 18.9. The van der Waals surface area contributed by atoms with Gasteiger partial charge in [-0.15, -0.1) is 0 Å². The Morgan fingerprint density at radius 3 is 2.81 bits per heavy atom. The molecule has 0 radical (unpaired) electrons. The van der Waals surface area contributed by atoms with E-state index in [4.69, 9.17) is 0 Å². The highest BCUT2D eigenvalue weighted by atomic mass is 32.2. The average Bonchev–Trinajstić information content (AvgIpc) is 3.50. The Morgan fingerprint density at radius 1 is 1.25 bits per heavy atom. The van der Waals surface area contributed by atoms with Crippen LogP contribution in [0.4, 0.5) is 20.7 Å². The van der Waals surface area contributed by atoms with E-state index in [1.165, 1.54) is 12.1 Å². The molecular weight excluding hydrogens is 435 g/mol. The summed E-state index contributed by atoms with van der Waals surface area (Å²) in [6, 6.07) is 5.24. The summed E-state index contributed by atoms with van der Waals surface area (Å²) in [6.45, 7) is 5.57. The number of sulfonamides is 1. The Hall–Kier alpha value is -2.66. The summed E-state index contributed by atoms with van der Waals surface area (Å²) < 4.78 is 40.9. The van der Waals surface area contributed by atoms with E-state index in [9.17, 15) is 17.6 Å². The molecule has 1 aliphatic carbocycles. The van der Waals surface area contributed by atoms with Gasteiger partial charge >= 0.3 is 6.03 Å². The minimum atomic E-state index is -3.62. The molecule has 0 spiro atoms. The Morgan fingerprint density at radius 2 is 2.06 bits per heavy atom. The van der Waals surface area contributed by atoms with Gasteiger partial charge in [0.15, 0.2) is 11.6 Å². The molecule has 2 amide bonds. The predicted octanol–water partition coefficient (Wildman–Crippen LogP) is 2.87. The molecule has 1 saturated heterocycles. The molecule has 2 atom stereocenters. The van der Waals surface area contributed by atoms with Gasteiger partial charge in [0.2, 0.25) is 10.0 Å². The fourth-order valence-electron chi connectivity index (χ4n) is 5.02. The monoisotopic (exact) mass is 462 g/mol. The van der Waals surface area contributed by atoms with Crippen LogP contribution in [0.2, 0.25) is 0 Å². The van der Waals surface area contributed by atoms with Gasteiger partial charge in [0.05, 0.1) is 10.6 Å².